The predicted octanol–water partition coefficient (Wildman–Crippen LogP) is 1.61. The highest BCUT2D eigenvalue weighted by molar-refractivity contribution is 5.11. The second-order valence-corrected chi connectivity index (χ2v) is 2.19. The zero-order valence-corrected chi connectivity index (χ0v) is 6.30. The van der Waals surface area contributed by atoms with Crippen LogP contribution in [0.2, 0.25) is 0 Å². The van der Waals surface area contributed by atoms with Gasteiger partial charge in [0.1, 0.15) is 13.1 Å². The van der Waals surface area contributed by atoms with Crippen molar-refractivity contribution in [3.05, 3.63) is 39.4 Å². The third-order valence-electron chi connectivity index (χ3n) is 1.32. The number of rotatable bonds is 4. The molecule has 1 aromatic heterocycles. The van der Waals surface area contributed by atoms with Gasteiger partial charge >= 0.3 is 0 Å². The van der Waals surface area contributed by atoms with Crippen LogP contribution in [0.3, 0.4) is 0 Å². The van der Waals surface area contributed by atoms with Gasteiger partial charge in [0.25, 0.3) is 0 Å². The van der Waals surface area contributed by atoms with E-state index in [0.717, 1.165) is 0 Å². The molecule has 5 heteroatoms. The summed E-state index contributed by atoms with van der Waals surface area (Å²) in [6.07, 6.45) is 0. The summed E-state index contributed by atoms with van der Waals surface area (Å²) in [7, 11) is 0. The van der Waals surface area contributed by atoms with Crippen LogP contribution in [0.25, 0.3) is 0 Å². The first-order valence-corrected chi connectivity index (χ1v) is 3.40. The molecule has 0 unspecified atom stereocenters. The summed E-state index contributed by atoms with van der Waals surface area (Å²) in [5.41, 5.74) is 1.12. The van der Waals surface area contributed by atoms with E-state index >= 15 is 0 Å². The standard InChI is InChI=1S/C7H7N3O2/c11-8-4-6-2-1-3-7(10-6)5-9-12/h1-3H,4-5H2. The fraction of sp³-hybridized carbons (Fsp3) is 0.286. The van der Waals surface area contributed by atoms with E-state index in [9.17, 15) is 9.81 Å². The number of pyridine rings is 1. The Hall–Kier alpha value is -1.65. The molecule has 0 aliphatic carbocycles. The molecule has 0 N–H and O–H groups in total. The SMILES string of the molecule is O=NCc1cccc(CN=O)n1. The van der Waals surface area contributed by atoms with E-state index in [4.69, 9.17) is 0 Å². The highest BCUT2D eigenvalue weighted by Gasteiger charge is 1.96. The van der Waals surface area contributed by atoms with Crippen molar-refractivity contribution in [2.24, 2.45) is 10.4 Å². The molecule has 62 valence electrons. The Morgan fingerprint density at radius 3 is 2.00 bits per heavy atom. The molecule has 0 saturated carbocycles. The van der Waals surface area contributed by atoms with E-state index in [1.807, 2.05) is 0 Å². The van der Waals surface area contributed by atoms with Crippen molar-refractivity contribution in [1.82, 2.24) is 4.98 Å². The van der Waals surface area contributed by atoms with Gasteiger partial charge in [-0.15, -0.1) is 0 Å². The van der Waals surface area contributed by atoms with E-state index in [0.29, 0.717) is 11.4 Å². The Kier molecular flexibility index (Phi) is 3.01. The van der Waals surface area contributed by atoms with Gasteiger partial charge in [0.05, 0.1) is 11.4 Å². The van der Waals surface area contributed by atoms with Gasteiger partial charge in [-0.1, -0.05) is 16.4 Å². The second-order valence-electron chi connectivity index (χ2n) is 2.19. The molecule has 0 aromatic carbocycles. The lowest BCUT2D eigenvalue weighted by molar-refractivity contribution is 0.909. The first-order chi connectivity index (χ1) is 5.86. The van der Waals surface area contributed by atoms with Crippen molar-refractivity contribution >= 4 is 0 Å². The van der Waals surface area contributed by atoms with E-state index in [-0.39, 0.29) is 13.1 Å². The molecule has 0 spiro atoms. The molecule has 0 fully saturated rings. The normalized spacial score (nSPS) is 9.33. The molecular formula is C7H7N3O2. The van der Waals surface area contributed by atoms with Crippen LogP contribution in [0, 0.1) is 9.81 Å². The van der Waals surface area contributed by atoms with Crippen molar-refractivity contribution in [1.29, 1.82) is 0 Å². The van der Waals surface area contributed by atoms with Crippen LogP contribution in [-0.4, -0.2) is 4.98 Å². The molecule has 0 bridgehead atoms. The Balaban J connectivity index is 2.79. The Labute approximate surface area is 68.8 Å². The average molecular weight is 165 g/mol. The van der Waals surface area contributed by atoms with Gasteiger partial charge < -0.3 is 0 Å². The zero-order chi connectivity index (χ0) is 8.81. The maximum Gasteiger partial charge on any atom is 0.123 e. The van der Waals surface area contributed by atoms with Crippen LogP contribution in [-0.2, 0) is 13.1 Å². The molecule has 5 nitrogen and oxygen atoms in total. The summed E-state index contributed by atoms with van der Waals surface area (Å²) >= 11 is 0. The molecule has 1 rings (SSSR count). The van der Waals surface area contributed by atoms with Crippen LogP contribution in [0.5, 0.6) is 0 Å². The minimum atomic E-state index is 0.0344. The van der Waals surface area contributed by atoms with Crippen LogP contribution in [0.4, 0.5) is 0 Å². The van der Waals surface area contributed by atoms with Gasteiger partial charge in [-0.3, -0.25) is 4.98 Å². The molecule has 0 aliphatic heterocycles. The second kappa shape index (κ2) is 4.27. The third-order valence-corrected chi connectivity index (χ3v) is 1.32. The summed E-state index contributed by atoms with van der Waals surface area (Å²) in [4.78, 5) is 23.7. The number of nitrogens with zero attached hydrogens (tertiary/aromatic N) is 3. The first kappa shape index (κ1) is 8.45. The summed E-state index contributed by atoms with van der Waals surface area (Å²) in [5, 5.41) is 5.37. The maximum atomic E-state index is 9.87. The molecule has 0 atom stereocenters. The average Bonchev–Trinajstić information content (AvgIpc) is 2.06. The molecule has 1 heterocycles. The minimum Gasteiger partial charge on any atom is -0.254 e. The smallest absolute Gasteiger partial charge is 0.123 e. The molecular weight excluding hydrogens is 158 g/mol. The van der Waals surface area contributed by atoms with Gasteiger partial charge in [0.2, 0.25) is 0 Å². The van der Waals surface area contributed by atoms with E-state index in [2.05, 4.69) is 15.3 Å². The number of aromatic nitrogens is 1. The lowest BCUT2D eigenvalue weighted by Gasteiger charge is -1.95. The van der Waals surface area contributed by atoms with Gasteiger partial charge in [-0.05, 0) is 12.1 Å². The fourth-order valence-corrected chi connectivity index (χ4v) is 0.838. The maximum absolute atomic E-state index is 9.87. The summed E-state index contributed by atoms with van der Waals surface area (Å²) in [6.45, 7) is 0.0688. The molecule has 0 saturated heterocycles. The van der Waals surface area contributed by atoms with Crippen LogP contribution in [0.1, 0.15) is 11.4 Å². The van der Waals surface area contributed by atoms with Crippen molar-refractivity contribution in [3.8, 4) is 0 Å². The summed E-state index contributed by atoms with van der Waals surface area (Å²) < 4.78 is 0. The van der Waals surface area contributed by atoms with Gasteiger partial charge in [0, 0.05) is 0 Å². The zero-order valence-electron chi connectivity index (χ0n) is 6.30. The van der Waals surface area contributed by atoms with Crippen molar-refractivity contribution in [2.75, 3.05) is 0 Å². The number of nitroso groups, excluding NO2 is 2. The largest absolute Gasteiger partial charge is 0.254 e. The molecule has 0 aliphatic rings. The quantitative estimate of drug-likeness (QED) is 0.636. The Morgan fingerprint density at radius 2 is 1.58 bits per heavy atom. The molecule has 12 heavy (non-hydrogen) atoms. The van der Waals surface area contributed by atoms with Crippen LogP contribution in [0.15, 0.2) is 28.6 Å². The molecule has 0 radical (unpaired) electrons. The summed E-state index contributed by atoms with van der Waals surface area (Å²) in [5.74, 6) is 0. The lowest BCUT2D eigenvalue weighted by atomic mass is 10.3. The predicted molar refractivity (Wildman–Crippen MR) is 43.2 cm³/mol. The number of hydrogen-bond donors (Lipinski definition) is 0. The topological polar surface area (TPSA) is 71.8 Å². The third kappa shape index (κ3) is 2.19. The van der Waals surface area contributed by atoms with E-state index in [1.54, 1.807) is 18.2 Å². The van der Waals surface area contributed by atoms with Crippen LogP contribution >= 0.6 is 0 Å². The monoisotopic (exact) mass is 165 g/mol. The molecule has 1 aromatic rings. The van der Waals surface area contributed by atoms with Crippen molar-refractivity contribution in [2.45, 2.75) is 13.1 Å². The van der Waals surface area contributed by atoms with Gasteiger partial charge in [0.15, 0.2) is 0 Å². The van der Waals surface area contributed by atoms with Crippen LogP contribution < -0.4 is 0 Å². The van der Waals surface area contributed by atoms with Crippen molar-refractivity contribution in [3.63, 3.8) is 0 Å². The highest BCUT2D eigenvalue weighted by atomic mass is 16.3. The van der Waals surface area contributed by atoms with E-state index < -0.39 is 0 Å². The highest BCUT2D eigenvalue weighted by Crippen LogP contribution is 2.01. The minimum absolute atomic E-state index is 0.0344. The number of hydrogen-bond acceptors (Lipinski definition) is 5. The summed E-state index contributed by atoms with van der Waals surface area (Å²) in [6, 6.07) is 5.07. The lowest BCUT2D eigenvalue weighted by Crippen LogP contribution is -1.92. The van der Waals surface area contributed by atoms with Gasteiger partial charge in [-0.2, -0.15) is 9.81 Å². The fourth-order valence-electron chi connectivity index (χ4n) is 0.838. The Bertz CT molecular complexity index is 262. The van der Waals surface area contributed by atoms with Crippen molar-refractivity contribution < 1.29 is 0 Å². The first-order valence-electron chi connectivity index (χ1n) is 3.40. The van der Waals surface area contributed by atoms with Gasteiger partial charge in [-0.25, -0.2) is 0 Å². The molecule has 0 amide bonds. The Morgan fingerprint density at radius 1 is 1.08 bits per heavy atom. The van der Waals surface area contributed by atoms with E-state index in [1.165, 1.54) is 0 Å².